The number of amides is 1. The molecule has 2 heterocycles. The Balaban J connectivity index is 1.78. The van der Waals surface area contributed by atoms with Crippen LogP contribution in [0.25, 0.3) is 0 Å². The number of nitrogens with zero attached hydrogens (tertiary/aromatic N) is 3. The monoisotopic (exact) mass is 302 g/mol. The Morgan fingerprint density at radius 3 is 2.95 bits per heavy atom. The molecule has 6 heteroatoms. The molecule has 1 amide bonds. The van der Waals surface area contributed by atoms with Crippen LogP contribution in [0.5, 0.6) is 0 Å². The first kappa shape index (κ1) is 14.1. The molecular formula is C15H18N4OS. The number of hydrogen-bond acceptors (Lipinski definition) is 4. The Morgan fingerprint density at radius 1 is 1.38 bits per heavy atom. The summed E-state index contributed by atoms with van der Waals surface area (Å²) >= 11 is 1.60. The summed E-state index contributed by atoms with van der Waals surface area (Å²) in [6.45, 7) is 2.70. The number of H-pyrrole nitrogens is 1. The number of rotatable bonds is 5. The molecule has 1 aliphatic rings. The summed E-state index contributed by atoms with van der Waals surface area (Å²) in [5.74, 6) is 1.92. The second-order valence-electron chi connectivity index (χ2n) is 5.00. The van der Waals surface area contributed by atoms with E-state index in [0.717, 1.165) is 28.7 Å². The van der Waals surface area contributed by atoms with Crippen molar-refractivity contribution in [2.45, 2.75) is 37.5 Å². The zero-order valence-electron chi connectivity index (χ0n) is 12.0. The second-order valence-corrected chi connectivity index (χ2v) is 6.23. The molecule has 5 nitrogen and oxygen atoms in total. The molecule has 1 aliphatic heterocycles. The van der Waals surface area contributed by atoms with E-state index in [1.165, 1.54) is 0 Å². The maximum atomic E-state index is 12.2. The Morgan fingerprint density at radius 2 is 2.19 bits per heavy atom. The molecular weight excluding hydrogens is 284 g/mol. The molecule has 1 atom stereocenters. The molecule has 1 aromatic carbocycles. The van der Waals surface area contributed by atoms with Crippen molar-refractivity contribution < 1.29 is 4.79 Å². The Bertz CT molecular complexity index is 613. The van der Waals surface area contributed by atoms with Gasteiger partial charge in [-0.3, -0.25) is 9.89 Å². The quantitative estimate of drug-likeness (QED) is 0.863. The van der Waals surface area contributed by atoms with Gasteiger partial charge in [-0.2, -0.15) is 0 Å². The van der Waals surface area contributed by atoms with E-state index in [4.69, 9.17) is 0 Å². The molecule has 2 aromatic rings. The van der Waals surface area contributed by atoms with Gasteiger partial charge in [-0.15, -0.1) is 5.10 Å². The highest BCUT2D eigenvalue weighted by atomic mass is 32.2. The number of likely N-dealkylation sites (tertiary alicyclic amines) is 1. The molecule has 0 saturated carbocycles. The largest absolute Gasteiger partial charge is 0.328 e. The standard InChI is InChI=1S/C15H18N4OS/c1-2-21-15-16-14(17-18-15)12-8-9-13(20)19(12)10-11-6-4-3-5-7-11/h3-7,12H,2,8-10H2,1H3,(H,16,17,18)/t12-/m1/s1. The molecule has 0 bridgehead atoms. The summed E-state index contributed by atoms with van der Waals surface area (Å²) in [5, 5.41) is 7.95. The minimum Gasteiger partial charge on any atom is -0.328 e. The van der Waals surface area contributed by atoms with E-state index in [9.17, 15) is 4.79 Å². The van der Waals surface area contributed by atoms with E-state index >= 15 is 0 Å². The lowest BCUT2D eigenvalue weighted by Crippen LogP contribution is -2.27. The predicted octanol–water partition coefficient (Wildman–Crippen LogP) is 2.78. The summed E-state index contributed by atoms with van der Waals surface area (Å²) in [7, 11) is 0. The van der Waals surface area contributed by atoms with Crippen molar-refractivity contribution in [2.24, 2.45) is 0 Å². The third-order valence-electron chi connectivity index (χ3n) is 3.60. The van der Waals surface area contributed by atoms with Crippen molar-refractivity contribution in [1.29, 1.82) is 0 Å². The number of hydrogen-bond donors (Lipinski definition) is 1. The van der Waals surface area contributed by atoms with Gasteiger partial charge in [0, 0.05) is 13.0 Å². The van der Waals surface area contributed by atoms with Gasteiger partial charge in [-0.05, 0) is 17.7 Å². The predicted molar refractivity (Wildman–Crippen MR) is 81.7 cm³/mol. The van der Waals surface area contributed by atoms with Crippen molar-refractivity contribution in [3.8, 4) is 0 Å². The molecule has 0 radical (unpaired) electrons. The van der Waals surface area contributed by atoms with E-state index in [1.54, 1.807) is 11.8 Å². The average Bonchev–Trinajstić information content (AvgIpc) is 3.09. The minimum atomic E-state index is 0.0106. The zero-order chi connectivity index (χ0) is 14.7. The summed E-state index contributed by atoms with van der Waals surface area (Å²) in [4.78, 5) is 18.6. The summed E-state index contributed by atoms with van der Waals surface area (Å²) < 4.78 is 0. The van der Waals surface area contributed by atoms with Gasteiger partial charge in [0.25, 0.3) is 0 Å². The molecule has 0 unspecified atom stereocenters. The first-order chi connectivity index (χ1) is 10.3. The molecule has 1 N–H and O–H groups in total. The van der Waals surface area contributed by atoms with Crippen LogP contribution in [-0.2, 0) is 11.3 Å². The highest BCUT2D eigenvalue weighted by Crippen LogP contribution is 2.32. The number of nitrogens with one attached hydrogen (secondary N) is 1. The van der Waals surface area contributed by atoms with E-state index in [1.807, 2.05) is 35.2 Å². The van der Waals surface area contributed by atoms with Gasteiger partial charge in [0.15, 0.2) is 0 Å². The summed E-state index contributed by atoms with van der Waals surface area (Å²) in [5.41, 5.74) is 1.14. The molecule has 21 heavy (non-hydrogen) atoms. The van der Waals surface area contributed by atoms with Crippen LogP contribution >= 0.6 is 11.8 Å². The van der Waals surface area contributed by atoms with Crippen molar-refractivity contribution >= 4 is 17.7 Å². The number of carbonyl (C=O) groups is 1. The van der Waals surface area contributed by atoms with Crippen LogP contribution < -0.4 is 0 Å². The fourth-order valence-corrected chi connectivity index (χ4v) is 3.13. The SMILES string of the molecule is CCSc1n[nH]c([C@H]2CCC(=O)N2Cc2ccccc2)n1. The maximum Gasteiger partial charge on any atom is 0.223 e. The van der Waals surface area contributed by atoms with E-state index in [-0.39, 0.29) is 11.9 Å². The number of carbonyl (C=O) groups excluding carboxylic acids is 1. The van der Waals surface area contributed by atoms with Crippen LogP contribution in [0, 0.1) is 0 Å². The van der Waals surface area contributed by atoms with Gasteiger partial charge in [0.1, 0.15) is 5.82 Å². The third kappa shape index (κ3) is 3.10. The molecule has 1 saturated heterocycles. The topological polar surface area (TPSA) is 61.9 Å². The van der Waals surface area contributed by atoms with Crippen LogP contribution in [-0.4, -0.2) is 31.7 Å². The second kappa shape index (κ2) is 6.30. The fraction of sp³-hybridized carbons (Fsp3) is 0.400. The average molecular weight is 302 g/mol. The summed E-state index contributed by atoms with van der Waals surface area (Å²) in [6, 6.07) is 10.1. The Labute approximate surface area is 128 Å². The molecule has 1 fully saturated rings. The molecule has 0 aliphatic carbocycles. The molecule has 110 valence electrons. The van der Waals surface area contributed by atoms with Crippen molar-refractivity contribution in [2.75, 3.05) is 5.75 Å². The smallest absolute Gasteiger partial charge is 0.223 e. The van der Waals surface area contributed by atoms with Crippen LogP contribution in [0.4, 0.5) is 0 Å². The van der Waals surface area contributed by atoms with Crippen LogP contribution in [0.3, 0.4) is 0 Å². The first-order valence-corrected chi connectivity index (χ1v) is 8.15. The van der Waals surface area contributed by atoms with E-state index < -0.39 is 0 Å². The van der Waals surface area contributed by atoms with E-state index in [2.05, 4.69) is 22.1 Å². The number of aromatic nitrogens is 3. The molecule has 1 aromatic heterocycles. The van der Waals surface area contributed by atoms with Crippen LogP contribution in [0.1, 0.15) is 37.2 Å². The van der Waals surface area contributed by atoms with Crippen molar-refractivity contribution in [3.05, 3.63) is 41.7 Å². The van der Waals surface area contributed by atoms with Crippen molar-refractivity contribution in [1.82, 2.24) is 20.1 Å². The minimum absolute atomic E-state index is 0.0106. The maximum absolute atomic E-state index is 12.2. The van der Waals surface area contributed by atoms with Gasteiger partial charge in [0.2, 0.25) is 11.1 Å². The first-order valence-electron chi connectivity index (χ1n) is 7.16. The van der Waals surface area contributed by atoms with Gasteiger partial charge in [-0.1, -0.05) is 49.0 Å². The van der Waals surface area contributed by atoms with Gasteiger partial charge in [0.05, 0.1) is 6.04 Å². The number of thioether (sulfide) groups is 1. The summed E-state index contributed by atoms with van der Waals surface area (Å²) in [6.07, 6.45) is 1.38. The number of aromatic amines is 1. The van der Waals surface area contributed by atoms with Gasteiger partial charge < -0.3 is 4.90 Å². The molecule has 3 rings (SSSR count). The fourth-order valence-electron chi connectivity index (χ4n) is 2.60. The lowest BCUT2D eigenvalue weighted by molar-refractivity contribution is -0.129. The van der Waals surface area contributed by atoms with Crippen molar-refractivity contribution in [3.63, 3.8) is 0 Å². The Kier molecular flexibility index (Phi) is 4.24. The lowest BCUT2D eigenvalue weighted by Gasteiger charge is -2.23. The van der Waals surface area contributed by atoms with Gasteiger partial charge in [-0.25, -0.2) is 4.98 Å². The normalized spacial score (nSPS) is 18.4. The van der Waals surface area contributed by atoms with Crippen LogP contribution in [0.2, 0.25) is 0 Å². The third-order valence-corrected chi connectivity index (χ3v) is 4.32. The van der Waals surface area contributed by atoms with Gasteiger partial charge >= 0.3 is 0 Å². The zero-order valence-corrected chi connectivity index (χ0v) is 12.8. The highest BCUT2D eigenvalue weighted by Gasteiger charge is 2.34. The Hall–Kier alpha value is -1.82. The van der Waals surface area contributed by atoms with Crippen LogP contribution in [0.15, 0.2) is 35.5 Å². The lowest BCUT2D eigenvalue weighted by atomic mass is 10.2. The number of benzene rings is 1. The molecule has 0 spiro atoms. The van der Waals surface area contributed by atoms with E-state index in [0.29, 0.717) is 13.0 Å². The highest BCUT2D eigenvalue weighted by molar-refractivity contribution is 7.99.